The van der Waals surface area contributed by atoms with Crippen molar-refractivity contribution < 1.29 is 37.3 Å². The van der Waals surface area contributed by atoms with Gasteiger partial charge in [-0.15, -0.1) is 13.9 Å². The Balaban J connectivity index is 1.19. The second kappa shape index (κ2) is 9.57. The number of carbonyl (C=O) groups excluding carboxylic acids is 1. The Bertz CT molecular complexity index is 1680. The Hall–Kier alpha value is -4.94. The first-order chi connectivity index (χ1) is 20.2. The molecule has 3 aliphatic rings. The molecule has 3 aromatic carbocycles. The molecule has 7 rings (SSSR count). The number of methoxy groups -OCH3 is 1. The molecule has 3 atom stereocenters. The summed E-state index contributed by atoms with van der Waals surface area (Å²) in [4.78, 5) is 13.9. The van der Waals surface area contributed by atoms with Crippen LogP contribution in [-0.2, 0) is 16.8 Å². The van der Waals surface area contributed by atoms with Gasteiger partial charge in [0.25, 0.3) is 0 Å². The molecular formula is C29H25F2N5O6. The fraction of sp³-hybridized carbons (Fsp3) is 0.310. The molecule has 13 heteroatoms. The summed E-state index contributed by atoms with van der Waals surface area (Å²) in [5.41, 5.74) is 0.988. The summed E-state index contributed by atoms with van der Waals surface area (Å²) in [6.45, 7) is 2.14. The van der Waals surface area contributed by atoms with Crippen LogP contribution in [0.3, 0.4) is 0 Å². The second-order valence-corrected chi connectivity index (χ2v) is 10.5. The van der Waals surface area contributed by atoms with Gasteiger partial charge in [-0.05, 0) is 41.1 Å². The quantitative estimate of drug-likeness (QED) is 0.362. The van der Waals surface area contributed by atoms with E-state index in [-0.39, 0.29) is 29.8 Å². The first kappa shape index (κ1) is 26.0. The van der Waals surface area contributed by atoms with Crippen LogP contribution in [0.25, 0.3) is 0 Å². The maximum absolute atomic E-state index is 13.9. The molecule has 0 saturated carbocycles. The second-order valence-electron chi connectivity index (χ2n) is 10.5. The number of hydrogen-bond donors (Lipinski definition) is 1. The molecule has 0 radical (unpaired) electrons. The van der Waals surface area contributed by atoms with Gasteiger partial charge in [0.15, 0.2) is 23.4 Å². The molecule has 0 bridgehead atoms. The highest BCUT2D eigenvalue weighted by Gasteiger charge is 2.49. The normalized spacial score (nSPS) is 22.9. The van der Waals surface area contributed by atoms with Crippen LogP contribution in [0.2, 0.25) is 0 Å². The van der Waals surface area contributed by atoms with E-state index in [0.717, 1.165) is 11.1 Å². The third-order valence-corrected chi connectivity index (χ3v) is 7.76. The monoisotopic (exact) mass is 577 g/mol. The van der Waals surface area contributed by atoms with E-state index in [9.17, 15) is 13.6 Å². The summed E-state index contributed by atoms with van der Waals surface area (Å²) >= 11 is 0. The first-order valence-electron chi connectivity index (χ1n) is 13.3. The Kier molecular flexibility index (Phi) is 5.92. The van der Waals surface area contributed by atoms with Crippen molar-refractivity contribution in [1.29, 1.82) is 0 Å². The van der Waals surface area contributed by atoms with Gasteiger partial charge < -0.3 is 29.0 Å². The standard InChI is InChI=1S/C29H25F2N5O6/c1-28(15-39-22-13-24-23(11-19(22)28)41-29(30,31)42-24)27(37)32-20-12-25(40-21-10-17(38-2)8-9-18(20)21)26-33-34-35-36(26)14-16-6-4-3-5-7-16/h3-11,13,20,25H,12,14-15H2,1-2H3,(H,32,37)/t20-,25-,28?/m1/s1. The summed E-state index contributed by atoms with van der Waals surface area (Å²) in [5.74, 6) is 1.22. The summed E-state index contributed by atoms with van der Waals surface area (Å²) in [6.07, 6.45) is -4.05. The Labute approximate surface area is 238 Å². The minimum absolute atomic E-state index is 0.00485. The lowest BCUT2D eigenvalue weighted by Crippen LogP contribution is -2.46. The van der Waals surface area contributed by atoms with E-state index in [1.807, 2.05) is 36.4 Å². The average Bonchev–Trinajstić information content (AvgIpc) is 3.66. The number of amides is 1. The fourth-order valence-corrected chi connectivity index (χ4v) is 5.51. The predicted molar refractivity (Wildman–Crippen MR) is 141 cm³/mol. The number of aromatic nitrogens is 4. The number of ether oxygens (including phenoxy) is 5. The number of rotatable bonds is 6. The Morgan fingerprint density at radius 3 is 2.64 bits per heavy atom. The molecule has 0 fully saturated rings. The maximum atomic E-state index is 13.9. The Morgan fingerprint density at radius 1 is 1.07 bits per heavy atom. The smallest absolute Gasteiger partial charge is 0.497 e. The molecule has 3 aliphatic heterocycles. The molecule has 0 aliphatic carbocycles. The highest BCUT2D eigenvalue weighted by molar-refractivity contribution is 5.90. The predicted octanol–water partition coefficient (Wildman–Crippen LogP) is 4.08. The summed E-state index contributed by atoms with van der Waals surface area (Å²) in [7, 11) is 1.56. The third kappa shape index (κ3) is 4.41. The number of fused-ring (bicyclic) bond motifs is 3. The number of nitrogens with zero attached hydrogens (tertiary/aromatic N) is 4. The molecule has 1 aromatic heterocycles. The van der Waals surface area contributed by atoms with Gasteiger partial charge in [-0.3, -0.25) is 4.79 Å². The molecule has 11 nitrogen and oxygen atoms in total. The van der Waals surface area contributed by atoms with E-state index in [4.69, 9.17) is 14.2 Å². The molecule has 42 heavy (non-hydrogen) atoms. The summed E-state index contributed by atoms with van der Waals surface area (Å²) in [5, 5.41) is 15.5. The SMILES string of the molecule is COc1ccc2c(c1)O[C@@H](c1nnnn1Cc1ccccc1)C[C@H]2NC(=O)C1(C)COc2cc3c(cc21)OC(F)(F)O3. The van der Waals surface area contributed by atoms with Gasteiger partial charge in [-0.2, -0.15) is 0 Å². The van der Waals surface area contributed by atoms with E-state index in [1.54, 1.807) is 30.8 Å². The van der Waals surface area contributed by atoms with Crippen molar-refractivity contribution in [2.75, 3.05) is 13.7 Å². The highest BCUT2D eigenvalue weighted by Crippen LogP contribution is 2.50. The lowest BCUT2D eigenvalue weighted by molar-refractivity contribution is -0.286. The van der Waals surface area contributed by atoms with Crippen LogP contribution in [0.4, 0.5) is 8.78 Å². The van der Waals surface area contributed by atoms with E-state index >= 15 is 0 Å². The number of alkyl halides is 2. The van der Waals surface area contributed by atoms with Gasteiger partial charge >= 0.3 is 6.29 Å². The van der Waals surface area contributed by atoms with Crippen LogP contribution in [0, 0.1) is 0 Å². The lowest BCUT2D eigenvalue weighted by Gasteiger charge is -2.34. The molecule has 0 spiro atoms. The van der Waals surface area contributed by atoms with Crippen LogP contribution in [-0.4, -0.2) is 46.1 Å². The Morgan fingerprint density at radius 2 is 1.86 bits per heavy atom. The molecule has 4 aromatic rings. The number of benzene rings is 3. The van der Waals surface area contributed by atoms with Gasteiger partial charge in [0.1, 0.15) is 29.3 Å². The topological polar surface area (TPSA) is 119 Å². The minimum Gasteiger partial charge on any atom is -0.497 e. The van der Waals surface area contributed by atoms with Gasteiger partial charge in [0.05, 0.1) is 19.7 Å². The van der Waals surface area contributed by atoms with Crippen molar-refractivity contribution in [3.63, 3.8) is 0 Å². The zero-order valence-electron chi connectivity index (χ0n) is 22.5. The molecule has 1 N–H and O–H groups in total. The van der Waals surface area contributed by atoms with Crippen molar-refractivity contribution >= 4 is 5.91 Å². The highest BCUT2D eigenvalue weighted by atomic mass is 19.3. The van der Waals surface area contributed by atoms with Gasteiger partial charge in [-0.25, -0.2) is 4.68 Å². The lowest BCUT2D eigenvalue weighted by atomic mass is 9.82. The number of nitrogens with one attached hydrogen (secondary N) is 1. The van der Waals surface area contributed by atoms with E-state index in [0.29, 0.717) is 35.9 Å². The molecule has 1 unspecified atom stereocenters. The third-order valence-electron chi connectivity index (χ3n) is 7.76. The van der Waals surface area contributed by atoms with E-state index in [2.05, 4.69) is 30.3 Å². The number of tetrazole rings is 1. The van der Waals surface area contributed by atoms with Crippen LogP contribution < -0.4 is 29.0 Å². The van der Waals surface area contributed by atoms with Crippen molar-refractivity contribution in [2.24, 2.45) is 0 Å². The summed E-state index contributed by atoms with van der Waals surface area (Å²) in [6, 6.07) is 17.3. The maximum Gasteiger partial charge on any atom is 0.586 e. The van der Waals surface area contributed by atoms with E-state index < -0.39 is 23.9 Å². The molecular weight excluding hydrogens is 552 g/mol. The minimum atomic E-state index is -3.78. The van der Waals surface area contributed by atoms with Gasteiger partial charge in [-0.1, -0.05) is 30.3 Å². The number of hydrogen-bond acceptors (Lipinski definition) is 9. The molecule has 0 saturated heterocycles. The molecule has 4 heterocycles. The average molecular weight is 578 g/mol. The zero-order chi connectivity index (χ0) is 29.1. The zero-order valence-corrected chi connectivity index (χ0v) is 22.5. The molecule has 1 amide bonds. The number of carbonyl (C=O) groups is 1. The summed E-state index contributed by atoms with van der Waals surface area (Å²) < 4.78 is 55.7. The number of halogens is 2. The molecule has 216 valence electrons. The van der Waals surface area contributed by atoms with E-state index in [1.165, 1.54) is 12.1 Å². The largest absolute Gasteiger partial charge is 0.586 e. The van der Waals surface area contributed by atoms with Crippen LogP contribution in [0.1, 0.15) is 48.0 Å². The van der Waals surface area contributed by atoms with Crippen LogP contribution in [0.15, 0.2) is 60.7 Å². The first-order valence-corrected chi connectivity index (χ1v) is 13.3. The van der Waals surface area contributed by atoms with Crippen LogP contribution in [0.5, 0.6) is 28.7 Å². The van der Waals surface area contributed by atoms with Gasteiger partial charge in [0, 0.05) is 29.7 Å². The van der Waals surface area contributed by atoms with Crippen molar-refractivity contribution in [3.8, 4) is 28.7 Å². The van der Waals surface area contributed by atoms with Gasteiger partial charge in [0.2, 0.25) is 5.91 Å². The van der Waals surface area contributed by atoms with Crippen molar-refractivity contribution in [3.05, 3.63) is 83.2 Å². The fourth-order valence-electron chi connectivity index (χ4n) is 5.51. The van der Waals surface area contributed by atoms with Crippen molar-refractivity contribution in [2.45, 2.75) is 43.7 Å². The van der Waals surface area contributed by atoms with Crippen molar-refractivity contribution in [1.82, 2.24) is 25.5 Å². The van der Waals surface area contributed by atoms with Crippen LogP contribution >= 0.6 is 0 Å².